The molecule has 3 heteroatoms. The van der Waals surface area contributed by atoms with Gasteiger partial charge in [-0.3, -0.25) is 0 Å². The summed E-state index contributed by atoms with van der Waals surface area (Å²) in [6, 6.07) is 10.0. The van der Waals surface area contributed by atoms with Crippen LogP contribution in [0.15, 0.2) is 24.3 Å². The van der Waals surface area contributed by atoms with Crippen molar-refractivity contribution in [2.24, 2.45) is 0 Å². The molecule has 3 nitrogen and oxygen atoms in total. The molecular formula is C14H20N2O. The summed E-state index contributed by atoms with van der Waals surface area (Å²) in [7, 11) is 0. The fourth-order valence-corrected chi connectivity index (χ4v) is 1.46. The number of rotatable bonds is 7. The third kappa shape index (κ3) is 4.88. The lowest BCUT2D eigenvalue weighted by molar-refractivity contribution is 0.252. The second kappa shape index (κ2) is 7.70. The third-order valence-electron chi connectivity index (χ3n) is 2.47. The van der Waals surface area contributed by atoms with Gasteiger partial charge in [0.25, 0.3) is 0 Å². The van der Waals surface area contributed by atoms with Gasteiger partial charge < -0.3 is 10.1 Å². The van der Waals surface area contributed by atoms with Gasteiger partial charge in [-0.1, -0.05) is 26.0 Å². The minimum absolute atomic E-state index is 0.348. The summed E-state index contributed by atoms with van der Waals surface area (Å²) in [5.41, 5.74) is 1.23. The molecule has 0 aromatic heterocycles. The van der Waals surface area contributed by atoms with Crippen molar-refractivity contribution in [2.45, 2.75) is 39.3 Å². The maximum absolute atomic E-state index is 8.80. The molecule has 1 N–H and O–H groups in total. The van der Waals surface area contributed by atoms with Crippen LogP contribution in [0.4, 0.5) is 0 Å². The lowest BCUT2D eigenvalue weighted by atomic mass is 10.2. The van der Waals surface area contributed by atoms with Crippen molar-refractivity contribution < 1.29 is 4.74 Å². The fourth-order valence-electron chi connectivity index (χ4n) is 1.46. The lowest BCUT2D eigenvalue weighted by Crippen LogP contribution is -2.14. The molecule has 0 aliphatic rings. The molecule has 0 aliphatic carbocycles. The van der Waals surface area contributed by atoms with Crippen LogP contribution in [-0.4, -0.2) is 12.6 Å². The van der Waals surface area contributed by atoms with E-state index in [1.165, 1.54) is 5.56 Å². The van der Waals surface area contributed by atoms with E-state index in [1.807, 2.05) is 31.2 Å². The van der Waals surface area contributed by atoms with Gasteiger partial charge in [0, 0.05) is 6.54 Å². The highest BCUT2D eigenvalue weighted by Crippen LogP contribution is 2.14. The zero-order valence-corrected chi connectivity index (χ0v) is 10.6. The first-order chi connectivity index (χ1) is 8.30. The van der Waals surface area contributed by atoms with Crippen LogP contribution < -0.4 is 10.1 Å². The standard InChI is InChI=1S/C14H20N2O/c1-3-9-16-11-12-5-7-14(8-6-12)17-13(4-2)10-15/h5-8,13,16H,3-4,9,11H2,1-2H3. The first-order valence-electron chi connectivity index (χ1n) is 6.16. The van der Waals surface area contributed by atoms with Gasteiger partial charge >= 0.3 is 0 Å². The second-order valence-electron chi connectivity index (χ2n) is 3.96. The van der Waals surface area contributed by atoms with Gasteiger partial charge in [-0.25, -0.2) is 0 Å². The van der Waals surface area contributed by atoms with E-state index in [1.54, 1.807) is 0 Å². The van der Waals surface area contributed by atoms with Crippen molar-refractivity contribution in [3.63, 3.8) is 0 Å². The van der Waals surface area contributed by atoms with E-state index in [-0.39, 0.29) is 6.10 Å². The number of hydrogen-bond acceptors (Lipinski definition) is 3. The Kier molecular flexibility index (Phi) is 6.13. The number of hydrogen-bond donors (Lipinski definition) is 1. The minimum atomic E-state index is -0.348. The van der Waals surface area contributed by atoms with E-state index >= 15 is 0 Å². The number of nitrogens with zero attached hydrogens (tertiary/aromatic N) is 1. The minimum Gasteiger partial charge on any atom is -0.476 e. The molecule has 92 valence electrons. The van der Waals surface area contributed by atoms with Gasteiger partial charge in [-0.15, -0.1) is 0 Å². The second-order valence-corrected chi connectivity index (χ2v) is 3.96. The topological polar surface area (TPSA) is 45.0 Å². The Labute approximate surface area is 103 Å². The normalized spacial score (nSPS) is 11.8. The Bertz CT molecular complexity index is 353. The van der Waals surface area contributed by atoms with E-state index in [2.05, 4.69) is 18.3 Å². The molecule has 0 aliphatic heterocycles. The van der Waals surface area contributed by atoms with Crippen molar-refractivity contribution in [1.82, 2.24) is 5.32 Å². The first-order valence-corrected chi connectivity index (χ1v) is 6.16. The first kappa shape index (κ1) is 13.5. The van der Waals surface area contributed by atoms with Gasteiger partial charge in [0.1, 0.15) is 11.8 Å². The van der Waals surface area contributed by atoms with E-state index in [4.69, 9.17) is 10.00 Å². The van der Waals surface area contributed by atoms with Crippen LogP contribution in [0.25, 0.3) is 0 Å². The smallest absolute Gasteiger partial charge is 0.184 e. The van der Waals surface area contributed by atoms with Crippen molar-refractivity contribution in [2.75, 3.05) is 6.54 Å². The average molecular weight is 232 g/mol. The molecule has 1 atom stereocenters. The van der Waals surface area contributed by atoms with E-state index in [0.29, 0.717) is 6.42 Å². The molecule has 1 aromatic carbocycles. The Morgan fingerprint density at radius 3 is 2.53 bits per heavy atom. The van der Waals surface area contributed by atoms with E-state index in [9.17, 15) is 0 Å². The van der Waals surface area contributed by atoms with Crippen LogP contribution in [0.1, 0.15) is 32.3 Å². The molecule has 1 rings (SSSR count). The van der Waals surface area contributed by atoms with Crippen molar-refractivity contribution >= 4 is 0 Å². The zero-order chi connectivity index (χ0) is 12.5. The number of nitriles is 1. The molecule has 0 spiro atoms. The Morgan fingerprint density at radius 1 is 1.29 bits per heavy atom. The maximum atomic E-state index is 8.80. The average Bonchev–Trinajstić information content (AvgIpc) is 2.38. The molecule has 0 amide bonds. The lowest BCUT2D eigenvalue weighted by Gasteiger charge is -2.10. The summed E-state index contributed by atoms with van der Waals surface area (Å²) >= 11 is 0. The van der Waals surface area contributed by atoms with Crippen LogP contribution in [0.2, 0.25) is 0 Å². The Balaban J connectivity index is 2.47. The highest BCUT2D eigenvalue weighted by atomic mass is 16.5. The highest BCUT2D eigenvalue weighted by molar-refractivity contribution is 5.27. The zero-order valence-electron chi connectivity index (χ0n) is 10.6. The summed E-state index contributed by atoms with van der Waals surface area (Å²) in [4.78, 5) is 0. The maximum Gasteiger partial charge on any atom is 0.184 e. The largest absolute Gasteiger partial charge is 0.476 e. The molecular weight excluding hydrogens is 212 g/mol. The molecule has 0 heterocycles. The molecule has 1 unspecified atom stereocenters. The van der Waals surface area contributed by atoms with E-state index in [0.717, 1.165) is 25.3 Å². The quantitative estimate of drug-likeness (QED) is 0.735. The monoisotopic (exact) mass is 232 g/mol. The van der Waals surface area contributed by atoms with Crippen LogP contribution in [0, 0.1) is 11.3 Å². The molecule has 1 aromatic rings. The summed E-state index contributed by atoms with van der Waals surface area (Å²) in [5.74, 6) is 0.762. The van der Waals surface area contributed by atoms with Crippen LogP contribution >= 0.6 is 0 Å². The predicted molar refractivity (Wildman–Crippen MR) is 68.8 cm³/mol. The van der Waals surface area contributed by atoms with Gasteiger partial charge in [-0.05, 0) is 37.1 Å². The summed E-state index contributed by atoms with van der Waals surface area (Å²) in [5, 5.41) is 12.1. The Hall–Kier alpha value is -1.53. The van der Waals surface area contributed by atoms with Crippen LogP contribution in [0.5, 0.6) is 5.75 Å². The van der Waals surface area contributed by atoms with Crippen LogP contribution in [0.3, 0.4) is 0 Å². The molecule has 0 bridgehead atoms. The van der Waals surface area contributed by atoms with Crippen LogP contribution in [-0.2, 0) is 6.54 Å². The van der Waals surface area contributed by atoms with E-state index < -0.39 is 0 Å². The SMILES string of the molecule is CCCNCc1ccc(OC(C#N)CC)cc1. The van der Waals surface area contributed by atoms with Gasteiger partial charge in [0.15, 0.2) is 6.10 Å². The molecule has 0 saturated heterocycles. The highest BCUT2D eigenvalue weighted by Gasteiger charge is 2.05. The summed E-state index contributed by atoms with van der Waals surface area (Å²) < 4.78 is 5.51. The third-order valence-corrected chi connectivity index (χ3v) is 2.47. The van der Waals surface area contributed by atoms with Crippen molar-refractivity contribution in [3.8, 4) is 11.8 Å². The molecule has 0 saturated carbocycles. The fraction of sp³-hybridized carbons (Fsp3) is 0.500. The molecule has 0 radical (unpaired) electrons. The number of benzene rings is 1. The van der Waals surface area contributed by atoms with Crippen molar-refractivity contribution in [3.05, 3.63) is 29.8 Å². The predicted octanol–water partition coefficient (Wildman–Crippen LogP) is 2.87. The van der Waals surface area contributed by atoms with Gasteiger partial charge in [0.05, 0.1) is 0 Å². The summed E-state index contributed by atoms with van der Waals surface area (Å²) in [6.07, 6.45) is 1.50. The van der Waals surface area contributed by atoms with Crippen molar-refractivity contribution in [1.29, 1.82) is 5.26 Å². The summed E-state index contributed by atoms with van der Waals surface area (Å²) in [6.45, 7) is 6.00. The van der Waals surface area contributed by atoms with Gasteiger partial charge in [0.2, 0.25) is 0 Å². The number of ether oxygens (including phenoxy) is 1. The molecule has 0 fully saturated rings. The Morgan fingerprint density at radius 2 is 2.00 bits per heavy atom. The molecule has 17 heavy (non-hydrogen) atoms. The van der Waals surface area contributed by atoms with Gasteiger partial charge in [-0.2, -0.15) is 5.26 Å². The number of nitrogens with one attached hydrogen (secondary N) is 1.